The van der Waals surface area contributed by atoms with Crippen LogP contribution in [0.1, 0.15) is 38.6 Å². The van der Waals surface area contributed by atoms with Crippen LogP contribution in [0.4, 0.5) is 0 Å². The van der Waals surface area contributed by atoms with Crippen molar-refractivity contribution >= 4 is 17.2 Å². The lowest BCUT2D eigenvalue weighted by atomic mass is 9.94. The summed E-state index contributed by atoms with van der Waals surface area (Å²) >= 11 is 1.75. The van der Waals surface area contributed by atoms with Crippen LogP contribution in [0, 0.1) is 5.41 Å². The standard InChI is InChI=1S/C16H26N2O2S/c1-12(17-15(19)16(2,3)4)14(13-6-5-11-21-13)18-7-9-20-10-8-18/h5-6,11-12,14H,7-10H2,1-4H3,(H,17,19)/t12-,14+/m0/s1. The lowest BCUT2D eigenvalue weighted by molar-refractivity contribution is -0.129. The Morgan fingerprint density at radius 3 is 2.57 bits per heavy atom. The Balaban J connectivity index is 2.13. The molecule has 1 aliphatic heterocycles. The first kappa shape index (κ1) is 16.5. The molecule has 2 atom stereocenters. The number of morpholine rings is 1. The van der Waals surface area contributed by atoms with Crippen molar-refractivity contribution in [3.8, 4) is 0 Å². The number of rotatable bonds is 4. The number of ether oxygens (including phenoxy) is 1. The van der Waals surface area contributed by atoms with Gasteiger partial charge in [-0.2, -0.15) is 0 Å². The first-order valence-electron chi connectivity index (χ1n) is 7.56. The van der Waals surface area contributed by atoms with E-state index in [1.807, 2.05) is 20.8 Å². The summed E-state index contributed by atoms with van der Waals surface area (Å²) in [5.41, 5.74) is -0.362. The molecule has 0 aliphatic carbocycles. The highest BCUT2D eigenvalue weighted by Crippen LogP contribution is 2.29. The highest BCUT2D eigenvalue weighted by molar-refractivity contribution is 7.10. The number of hydrogen-bond acceptors (Lipinski definition) is 4. The Morgan fingerprint density at radius 2 is 2.05 bits per heavy atom. The minimum atomic E-state index is -0.362. The summed E-state index contributed by atoms with van der Waals surface area (Å²) in [6, 6.07) is 4.53. The molecule has 1 amide bonds. The van der Waals surface area contributed by atoms with Gasteiger partial charge in [-0.15, -0.1) is 11.3 Å². The maximum atomic E-state index is 12.3. The van der Waals surface area contributed by atoms with Gasteiger partial charge in [-0.3, -0.25) is 9.69 Å². The first-order valence-corrected chi connectivity index (χ1v) is 8.43. The third-order valence-corrected chi connectivity index (χ3v) is 4.73. The maximum Gasteiger partial charge on any atom is 0.225 e. The number of nitrogens with zero attached hydrogens (tertiary/aromatic N) is 1. The predicted molar refractivity (Wildman–Crippen MR) is 86.5 cm³/mol. The SMILES string of the molecule is C[C@H](NC(=O)C(C)(C)C)[C@H](c1cccs1)N1CCOCC1. The Labute approximate surface area is 131 Å². The van der Waals surface area contributed by atoms with E-state index in [2.05, 4.69) is 34.7 Å². The van der Waals surface area contributed by atoms with Crippen LogP contribution >= 0.6 is 11.3 Å². The van der Waals surface area contributed by atoms with Gasteiger partial charge in [0.2, 0.25) is 5.91 Å². The van der Waals surface area contributed by atoms with Crippen molar-refractivity contribution < 1.29 is 9.53 Å². The molecule has 0 radical (unpaired) electrons. The van der Waals surface area contributed by atoms with Crippen molar-refractivity contribution in [2.45, 2.75) is 39.8 Å². The monoisotopic (exact) mass is 310 g/mol. The van der Waals surface area contributed by atoms with E-state index >= 15 is 0 Å². The van der Waals surface area contributed by atoms with Crippen LogP contribution in [0.5, 0.6) is 0 Å². The van der Waals surface area contributed by atoms with Gasteiger partial charge >= 0.3 is 0 Å². The minimum absolute atomic E-state index is 0.0773. The summed E-state index contributed by atoms with van der Waals surface area (Å²) in [7, 11) is 0. The van der Waals surface area contributed by atoms with E-state index in [0.29, 0.717) is 0 Å². The van der Waals surface area contributed by atoms with E-state index in [0.717, 1.165) is 26.3 Å². The molecule has 21 heavy (non-hydrogen) atoms. The molecule has 0 bridgehead atoms. The Bertz CT molecular complexity index is 447. The fourth-order valence-corrected chi connectivity index (χ4v) is 3.52. The molecule has 2 heterocycles. The van der Waals surface area contributed by atoms with Gasteiger partial charge in [0.15, 0.2) is 0 Å². The van der Waals surface area contributed by atoms with Crippen molar-refractivity contribution in [3.63, 3.8) is 0 Å². The molecule has 1 aromatic heterocycles. The summed E-state index contributed by atoms with van der Waals surface area (Å²) in [6.07, 6.45) is 0. The second-order valence-corrected chi connectivity index (χ2v) is 7.60. The van der Waals surface area contributed by atoms with Crippen molar-refractivity contribution in [1.82, 2.24) is 10.2 Å². The predicted octanol–water partition coefficient (Wildman–Crippen LogP) is 2.67. The van der Waals surface area contributed by atoms with Crippen LogP contribution in [-0.2, 0) is 9.53 Å². The Morgan fingerprint density at radius 1 is 1.38 bits per heavy atom. The van der Waals surface area contributed by atoms with Gasteiger partial charge in [-0.25, -0.2) is 0 Å². The summed E-state index contributed by atoms with van der Waals surface area (Å²) in [5, 5.41) is 5.29. The van der Waals surface area contributed by atoms with Crippen LogP contribution in [0.15, 0.2) is 17.5 Å². The molecule has 0 unspecified atom stereocenters. The molecule has 1 fully saturated rings. The highest BCUT2D eigenvalue weighted by Gasteiger charge is 2.31. The number of nitrogens with one attached hydrogen (secondary N) is 1. The molecule has 2 rings (SSSR count). The van der Waals surface area contributed by atoms with Crippen molar-refractivity contribution in [1.29, 1.82) is 0 Å². The van der Waals surface area contributed by atoms with E-state index in [-0.39, 0.29) is 23.4 Å². The lowest BCUT2D eigenvalue weighted by Gasteiger charge is -2.38. The van der Waals surface area contributed by atoms with E-state index in [1.165, 1.54) is 4.88 Å². The van der Waals surface area contributed by atoms with Gasteiger partial charge in [0, 0.05) is 29.4 Å². The van der Waals surface area contributed by atoms with Gasteiger partial charge in [0.05, 0.1) is 19.3 Å². The Kier molecular flexibility index (Phi) is 5.41. The van der Waals surface area contributed by atoms with E-state index < -0.39 is 0 Å². The molecule has 1 N–H and O–H groups in total. The summed E-state index contributed by atoms with van der Waals surface area (Å²) in [6.45, 7) is 11.3. The van der Waals surface area contributed by atoms with Crippen LogP contribution in [0.2, 0.25) is 0 Å². The molecule has 1 aliphatic rings. The number of carbonyl (C=O) groups is 1. The number of thiophene rings is 1. The van der Waals surface area contributed by atoms with Gasteiger partial charge < -0.3 is 10.1 Å². The van der Waals surface area contributed by atoms with Crippen LogP contribution in [-0.4, -0.2) is 43.2 Å². The van der Waals surface area contributed by atoms with Gasteiger partial charge in [-0.05, 0) is 18.4 Å². The molecule has 1 aromatic rings. The number of amides is 1. The molecule has 1 saturated heterocycles. The van der Waals surface area contributed by atoms with Crippen molar-refractivity contribution in [3.05, 3.63) is 22.4 Å². The second-order valence-electron chi connectivity index (χ2n) is 6.62. The van der Waals surface area contributed by atoms with E-state index in [4.69, 9.17) is 4.74 Å². The molecule has 0 saturated carbocycles. The fraction of sp³-hybridized carbons (Fsp3) is 0.688. The zero-order valence-electron chi connectivity index (χ0n) is 13.4. The van der Waals surface area contributed by atoms with E-state index in [9.17, 15) is 4.79 Å². The summed E-state index contributed by atoms with van der Waals surface area (Å²) < 4.78 is 5.46. The third-order valence-electron chi connectivity index (χ3n) is 3.79. The molecule has 5 heteroatoms. The molecule has 118 valence electrons. The minimum Gasteiger partial charge on any atom is -0.379 e. The fourth-order valence-electron chi connectivity index (χ4n) is 2.56. The smallest absolute Gasteiger partial charge is 0.225 e. The molecule has 4 nitrogen and oxygen atoms in total. The lowest BCUT2D eigenvalue weighted by Crippen LogP contribution is -2.50. The zero-order chi connectivity index (χ0) is 15.5. The van der Waals surface area contributed by atoms with Crippen LogP contribution in [0.3, 0.4) is 0 Å². The van der Waals surface area contributed by atoms with Crippen LogP contribution < -0.4 is 5.32 Å². The molecule has 0 spiro atoms. The van der Waals surface area contributed by atoms with Crippen molar-refractivity contribution in [2.24, 2.45) is 5.41 Å². The summed E-state index contributed by atoms with van der Waals surface area (Å²) in [4.78, 5) is 16.0. The highest BCUT2D eigenvalue weighted by atomic mass is 32.1. The number of carbonyl (C=O) groups excluding carboxylic acids is 1. The number of hydrogen-bond donors (Lipinski definition) is 1. The molecular weight excluding hydrogens is 284 g/mol. The van der Waals surface area contributed by atoms with Gasteiger partial charge in [0.1, 0.15) is 0 Å². The topological polar surface area (TPSA) is 41.6 Å². The average Bonchev–Trinajstić information content (AvgIpc) is 2.93. The normalized spacial score (nSPS) is 20.0. The molecular formula is C16H26N2O2S. The van der Waals surface area contributed by atoms with E-state index in [1.54, 1.807) is 11.3 Å². The van der Waals surface area contributed by atoms with Gasteiger partial charge in [0.25, 0.3) is 0 Å². The van der Waals surface area contributed by atoms with Crippen molar-refractivity contribution in [2.75, 3.05) is 26.3 Å². The molecule has 0 aromatic carbocycles. The second kappa shape index (κ2) is 6.90. The first-order chi connectivity index (χ1) is 9.89. The Hall–Kier alpha value is -0.910. The quantitative estimate of drug-likeness (QED) is 0.929. The third kappa shape index (κ3) is 4.28. The zero-order valence-corrected chi connectivity index (χ0v) is 14.2. The average molecular weight is 310 g/mol. The largest absolute Gasteiger partial charge is 0.379 e. The summed E-state index contributed by atoms with van der Waals surface area (Å²) in [5.74, 6) is 0.102. The maximum absolute atomic E-state index is 12.3. The van der Waals surface area contributed by atoms with Gasteiger partial charge in [-0.1, -0.05) is 26.8 Å². The van der Waals surface area contributed by atoms with Crippen LogP contribution in [0.25, 0.3) is 0 Å².